The van der Waals surface area contributed by atoms with Gasteiger partial charge in [-0.15, -0.1) is 12.4 Å². The predicted molar refractivity (Wildman–Crippen MR) is 91.7 cm³/mol. The fourth-order valence-electron chi connectivity index (χ4n) is 2.28. The van der Waals surface area contributed by atoms with Crippen LogP contribution in [0.15, 0.2) is 16.7 Å². The summed E-state index contributed by atoms with van der Waals surface area (Å²) in [6.07, 6.45) is 0.622. The van der Waals surface area contributed by atoms with E-state index in [1.165, 1.54) is 12.1 Å². The van der Waals surface area contributed by atoms with E-state index in [4.69, 9.17) is 4.52 Å². The lowest BCUT2D eigenvalue weighted by Gasteiger charge is -2.06. The molecular weight excluding hydrogens is 333 g/mol. The van der Waals surface area contributed by atoms with Crippen molar-refractivity contribution in [3.8, 4) is 11.5 Å². The molecule has 1 aromatic carbocycles. The Balaban J connectivity index is 0.00000208. The largest absolute Gasteiger partial charge is 0.334 e. The van der Waals surface area contributed by atoms with Crippen molar-refractivity contribution in [1.82, 2.24) is 25.4 Å². The zero-order valence-electron chi connectivity index (χ0n) is 13.9. The first-order chi connectivity index (χ1) is 11.0. The summed E-state index contributed by atoms with van der Waals surface area (Å²) in [6.45, 7) is 5.73. The number of hydrogen-bond acceptors (Lipinski definition) is 6. The van der Waals surface area contributed by atoms with E-state index in [-0.39, 0.29) is 24.3 Å². The second kappa shape index (κ2) is 7.19. The van der Waals surface area contributed by atoms with Gasteiger partial charge < -0.3 is 9.84 Å². The van der Waals surface area contributed by atoms with E-state index in [1.807, 2.05) is 27.8 Å². The monoisotopic (exact) mass is 351 g/mol. The molecule has 2 aromatic heterocycles. The van der Waals surface area contributed by atoms with Gasteiger partial charge in [0.15, 0.2) is 5.82 Å². The fourth-order valence-corrected chi connectivity index (χ4v) is 2.28. The lowest BCUT2D eigenvalue weighted by Crippen LogP contribution is -2.24. The molecule has 2 heterocycles. The Morgan fingerprint density at radius 3 is 2.58 bits per heavy atom. The van der Waals surface area contributed by atoms with Crippen LogP contribution in [-0.4, -0.2) is 33.2 Å². The van der Waals surface area contributed by atoms with Gasteiger partial charge in [-0.05, 0) is 33.9 Å². The highest BCUT2D eigenvalue weighted by atomic mass is 35.5. The second-order valence-electron chi connectivity index (χ2n) is 5.63. The molecule has 1 unspecified atom stereocenters. The molecule has 0 bridgehead atoms. The van der Waals surface area contributed by atoms with Gasteiger partial charge in [0.25, 0.3) is 5.89 Å². The Kier molecular flexibility index (Phi) is 5.46. The molecule has 128 valence electrons. The van der Waals surface area contributed by atoms with E-state index in [9.17, 15) is 4.39 Å². The van der Waals surface area contributed by atoms with Gasteiger partial charge in [0.2, 0.25) is 0 Å². The predicted octanol–water partition coefficient (Wildman–Crippen LogP) is 3.01. The molecule has 0 radical (unpaired) electrons. The molecule has 0 spiro atoms. The molecule has 3 aromatic rings. The number of benzene rings is 1. The molecule has 0 aliphatic rings. The highest BCUT2D eigenvalue weighted by Crippen LogP contribution is 2.27. The molecule has 3 rings (SSSR count). The van der Waals surface area contributed by atoms with E-state index in [1.54, 1.807) is 0 Å². The van der Waals surface area contributed by atoms with Crippen molar-refractivity contribution in [1.29, 1.82) is 0 Å². The van der Waals surface area contributed by atoms with Gasteiger partial charge in [0, 0.05) is 18.5 Å². The maximum absolute atomic E-state index is 13.9. The minimum atomic E-state index is -0.409. The Morgan fingerprint density at radius 1 is 1.17 bits per heavy atom. The quantitative estimate of drug-likeness (QED) is 0.778. The smallest absolute Gasteiger partial charge is 0.260 e. The molecule has 0 aliphatic carbocycles. The Morgan fingerprint density at radius 2 is 1.88 bits per heavy atom. The lowest BCUT2D eigenvalue weighted by atomic mass is 10.1. The summed E-state index contributed by atoms with van der Waals surface area (Å²) in [5.74, 6) is 0.412. The maximum atomic E-state index is 13.9. The molecule has 1 N–H and O–H groups in total. The molecule has 8 heteroatoms. The van der Waals surface area contributed by atoms with Crippen LogP contribution in [-0.2, 0) is 6.42 Å². The molecule has 1 atom stereocenters. The van der Waals surface area contributed by atoms with Crippen molar-refractivity contribution in [2.75, 3.05) is 7.05 Å². The number of fused-ring (bicyclic) bond motifs is 1. The van der Waals surface area contributed by atoms with Crippen molar-refractivity contribution >= 4 is 23.4 Å². The normalized spacial score (nSPS) is 12.2. The van der Waals surface area contributed by atoms with E-state index in [0.717, 1.165) is 11.4 Å². The van der Waals surface area contributed by atoms with Crippen molar-refractivity contribution in [2.24, 2.45) is 0 Å². The summed E-state index contributed by atoms with van der Waals surface area (Å²) in [5, 5.41) is 7.07. The maximum Gasteiger partial charge on any atom is 0.260 e. The van der Waals surface area contributed by atoms with Crippen LogP contribution < -0.4 is 5.32 Å². The first kappa shape index (κ1) is 18.2. The molecule has 0 fully saturated rings. The SMILES string of the molecule is CNC(C)Cc1noc(-c2cc(F)cc3nc(C)c(C)nc23)n1.Cl. The zero-order chi connectivity index (χ0) is 16.6. The third-order valence-corrected chi connectivity index (χ3v) is 3.83. The molecule has 0 aliphatic heterocycles. The highest BCUT2D eigenvalue weighted by Gasteiger charge is 2.17. The standard InChI is InChI=1S/C16H18FN5O.ClH/c1-8(18-4)5-14-21-16(23-22-14)12-6-11(17)7-13-15(12)20-10(3)9(2)19-13;/h6-8,18H,5H2,1-4H3;1H. The average Bonchev–Trinajstić information content (AvgIpc) is 2.96. The van der Waals surface area contributed by atoms with Crippen LogP contribution >= 0.6 is 12.4 Å². The second-order valence-corrected chi connectivity index (χ2v) is 5.63. The summed E-state index contributed by atoms with van der Waals surface area (Å²) in [4.78, 5) is 13.3. The number of nitrogens with one attached hydrogen (secondary N) is 1. The highest BCUT2D eigenvalue weighted by molar-refractivity contribution is 5.89. The Labute approximate surface area is 145 Å². The van der Waals surface area contributed by atoms with Crippen molar-refractivity contribution in [2.45, 2.75) is 33.2 Å². The fraction of sp³-hybridized carbons (Fsp3) is 0.375. The number of aryl methyl sites for hydroxylation is 2. The third kappa shape index (κ3) is 3.52. The van der Waals surface area contributed by atoms with Crippen molar-refractivity contribution in [3.05, 3.63) is 35.2 Å². The van der Waals surface area contributed by atoms with E-state index in [0.29, 0.717) is 28.8 Å². The molecule has 6 nitrogen and oxygen atoms in total. The van der Waals surface area contributed by atoms with Gasteiger partial charge in [-0.3, -0.25) is 0 Å². The van der Waals surface area contributed by atoms with Crippen molar-refractivity contribution < 1.29 is 8.91 Å². The summed E-state index contributed by atoms with van der Waals surface area (Å²) >= 11 is 0. The zero-order valence-corrected chi connectivity index (χ0v) is 14.7. The number of halogens is 2. The number of likely N-dealkylation sites (N-methyl/N-ethyl adjacent to an activating group) is 1. The number of aromatic nitrogens is 4. The van der Waals surface area contributed by atoms with Crippen LogP contribution in [0, 0.1) is 19.7 Å². The summed E-state index contributed by atoms with van der Waals surface area (Å²) < 4.78 is 19.2. The first-order valence-corrected chi connectivity index (χ1v) is 7.42. The first-order valence-electron chi connectivity index (χ1n) is 7.42. The van der Waals surface area contributed by atoms with Crippen molar-refractivity contribution in [3.63, 3.8) is 0 Å². The molecular formula is C16H19ClFN5O. The van der Waals surface area contributed by atoms with Crippen LogP contribution in [0.1, 0.15) is 24.1 Å². The van der Waals surface area contributed by atoms with Crippen LogP contribution in [0.25, 0.3) is 22.5 Å². The van der Waals surface area contributed by atoms with Gasteiger partial charge in [-0.2, -0.15) is 4.98 Å². The molecule has 0 saturated carbocycles. The topological polar surface area (TPSA) is 76.7 Å². The summed E-state index contributed by atoms with van der Waals surface area (Å²) in [5.41, 5.74) is 3.06. The molecule has 0 amide bonds. The van der Waals surface area contributed by atoms with Gasteiger partial charge in [0.1, 0.15) is 11.3 Å². The van der Waals surface area contributed by atoms with Crippen LogP contribution in [0.4, 0.5) is 4.39 Å². The number of nitrogens with zero attached hydrogens (tertiary/aromatic N) is 4. The van der Waals surface area contributed by atoms with E-state index < -0.39 is 5.82 Å². The van der Waals surface area contributed by atoms with Crippen LogP contribution in [0.5, 0.6) is 0 Å². The van der Waals surface area contributed by atoms with Gasteiger partial charge >= 0.3 is 0 Å². The number of rotatable bonds is 4. The summed E-state index contributed by atoms with van der Waals surface area (Å²) in [7, 11) is 1.87. The number of hydrogen-bond donors (Lipinski definition) is 1. The summed E-state index contributed by atoms with van der Waals surface area (Å²) in [6, 6.07) is 2.93. The Hall–Kier alpha value is -2.12. The third-order valence-electron chi connectivity index (χ3n) is 3.83. The lowest BCUT2D eigenvalue weighted by molar-refractivity contribution is 0.418. The van der Waals surface area contributed by atoms with Crippen LogP contribution in [0.2, 0.25) is 0 Å². The van der Waals surface area contributed by atoms with Gasteiger partial charge in [0.05, 0.1) is 22.5 Å². The van der Waals surface area contributed by atoms with E-state index >= 15 is 0 Å². The molecule has 24 heavy (non-hydrogen) atoms. The van der Waals surface area contributed by atoms with Gasteiger partial charge in [-0.1, -0.05) is 5.16 Å². The van der Waals surface area contributed by atoms with E-state index in [2.05, 4.69) is 25.4 Å². The Bertz CT molecular complexity index is 867. The minimum Gasteiger partial charge on any atom is -0.334 e. The minimum absolute atomic E-state index is 0. The average molecular weight is 352 g/mol. The van der Waals surface area contributed by atoms with Gasteiger partial charge in [-0.25, -0.2) is 14.4 Å². The molecule has 0 saturated heterocycles. The van der Waals surface area contributed by atoms with Crippen LogP contribution in [0.3, 0.4) is 0 Å².